The van der Waals surface area contributed by atoms with Crippen LogP contribution in [0.25, 0.3) is 0 Å². The molecule has 0 spiro atoms. The van der Waals surface area contributed by atoms with Crippen LogP contribution in [-0.4, -0.2) is 11.0 Å². The van der Waals surface area contributed by atoms with Gasteiger partial charge in [-0.2, -0.15) is 0 Å². The molecule has 1 aromatic heterocycles. The van der Waals surface area contributed by atoms with Crippen molar-refractivity contribution in [1.29, 1.82) is 0 Å². The predicted molar refractivity (Wildman–Crippen MR) is 81.7 cm³/mol. The van der Waals surface area contributed by atoms with Gasteiger partial charge in [-0.05, 0) is 44.9 Å². The van der Waals surface area contributed by atoms with E-state index >= 15 is 0 Å². The average molecular weight is 278 g/mol. The van der Waals surface area contributed by atoms with Crippen LogP contribution in [0.5, 0.6) is 0 Å². The zero-order valence-corrected chi connectivity index (χ0v) is 13.3. The first kappa shape index (κ1) is 13.6. The number of nitrogens with one attached hydrogen (secondary N) is 1. The predicted octanol–water partition coefficient (Wildman–Crippen LogP) is 4.17. The van der Waals surface area contributed by atoms with Gasteiger partial charge in [-0.3, -0.25) is 0 Å². The molecule has 0 amide bonds. The van der Waals surface area contributed by atoms with Crippen molar-refractivity contribution in [2.24, 2.45) is 5.92 Å². The Bertz CT molecular complexity index is 450. The molecule has 2 atom stereocenters. The molecule has 2 aliphatic rings. The van der Waals surface area contributed by atoms with Crippen LogP contribution in [0, 0.1) is 12.8 Å². The van der Waals surface area contributed by atoms with E-state index in [1.54, 1.807) is 0 Å². The fourth-order valence-electron chi connectivity index (χ4n) is 3.70. The standard InChI is InChI=1S/C16H26N2S/c1-4-12-7-6-10-16(12,18-13-8-9-13)15-17-14(5-2)11(3)19-15/h12-13,18H,4-10H2,1-3H3. The molecule has 2 saturated carbocycles. The fourth-order valence-corrected chi connectivity index (χ4v) is 4.97. The summed E-state index contributed by atoms with van der Waals surface area (Å²) in [5.41, 5.74) is 1.53. The molecule has 0 radical (unpaired) electrons. The second-order valence-corrected chi connectivity index (χ2v) is 7.47. The minimum absolute atomic E-state index is 0.207. The highest BCUT2D eigenvalue weighted by atomic mass is 32.1. The molecular weight excluding hydrogens is 252 g/mol. The third kappa shape index (κ3) is 2.36. The molecule has 19 heavy (non-hydrogen) atoms. The molecule has 3 rings (SSSR count). The molecule has 2 fully saturated rings. The molecule has 0 saturated heterocycles. The van der Waals surface area contributed by atoms with Crippen molar-refractivity contribution in [3.05, 3.63) is 15.6 Å². The Morgan fingerprint density at radius 1 is 1.32 bits per heavy atom. The summed E-state index contributed by atoms with van der Waals surface area (Å²) in [5, 5.41) is 5.38. The summed E-state index contributed by atoms with van der Waals surface area (Å²) in [4.78, 5) is 6.44. The van der Waals surface area contributed by atoms with E-state index in [4.69, 9.17) is 4.98 Å². The summed E-state index contributed by atoms with van der Waals surface area (Å²) < 4.78 is 0. The van der Waals surface area contributed by atoms with Gasteiger partial charge in [0.15, 0.2) is 0 Å². The molecule has 1 heterocycles. The SMILES string of the molecule is CCc1nc(C2(NC3CC3)CCCC2CC)sc1C. The van der Waals surface area contributed by atoms with E-state index in [1.165, 1.54) is 54.1 Å². The normalized spacial score (nSPS) is 31.0. The van der Waals surface area contributed by atoms with E-state index in [0.717, 1.165) is 18.4 Å². The molecule has 0 aliphatic heterocycles. The van der Waals surface area contributed by atoms with Crippen LogP contribution in [0.4, 0.5) is 0 Å². The van der Waals surface area contributed by atoms with E-state index in [9.17, 15) is 0 Å². The van der Waals surface area contributed by atoms with Crippen LogP contribution in [0.15, 0.2) is 0 Å². The van der Waals surface area contributed by atoms with Crippen molar-refractivity contribution in [3.8, 4) is 0 Å². The van der Waals surface area contributed by atoms with Gasteiger partial charge >= 0.3 is 0 Å². The number of thiazole rings is 1. The summed E-state index contributed by atoms with van der Waals surface area (Å²) >= 11 is 1.95. The Labute approximate surface area is 121 Å². The van der Waals surface area contributed by atoms with Crippen LogP contribution in [0.3, 0.4) is 0 Å². The molecule has 3 heteroatoms. The quantitative estimate of drug-likeness (QED) is 0.874. The summed E-state index contributed by atoms with van der Waals surface area (Å²) in [6, 6.07) is 0.765. The monoisotopic (exact) mass is 278 g/mol. The molecule has 1 N–H and O–H groups in total. The largest absolute Gasteiger partial charge is 0.302 e. The van der Waals surface area contributed by atoms with Crippen LogP contribution in [-0.2, 0) is 12.0 Å². The van der Waals surface area contributed by atoms with Gasteiger partial charge in [-0.25, -0.2) is 4.98 Å². The third-order valence-corrected chi connectivity index (χ3v) is 6.15. The number of hydrogen-bond acceptors (Lipinski definition) is 3. The van der Waals surface area contributed by atoms with Gasteiger partial charge in [0, 0.05) is 10.9 Å². The highest BCUT2D eigenvalue weighted by Gasteiger charge is 2.48. The first-order valence-corrected chi connectivity index (χ1v) is 8.75. The highest BCUT2D eigenvalue weighted by Crippen LogP contribution is 2.48. The van der Waals surface area contributed by atoms with Gasteiger partial charge in [0.2, 0.25) is 0 Å². The lowest BCUT2D eigenvalue weighted by Crippen LogP contribution is -2.46. The summed E-state index contributed by atoms with van der Waals surface area (Å²) in [7, 11) is 0. The lowest BCUT2D eigenvalue weighted by Gasteiger charge is -2.35. The molecule has 1 aromatic rings. The minimum Gasteiger partial charge on any atom is -0.302 e. The number of rotatable bonds is 5. The van der Waals surface area contributed by atoms with Crippen molar-refractivity contribution < 1.29 is 0 Å². The van der Waals surface area contributed by atoms with Gasteiger partial charge in [-0.15, -0.1) is 11.3 Å². The molecule has 0 aromatic carbocycles. The van der Waals surface area contributed by atoms with Gasteiger partial charge in [0.05, 0.1) is 11.2 Å². The maximum Gasteiger partial charge on any atom is 0.114 e. The van der Waals surface area contributed by atoms with E-state index in [1.807, 2.05) is 11.3 Å². The lowest BCUT2D eigenvalue weighted by atomic mass is 9.85. The van der Waals surface area contributed by atoms with Crippen molar-refractivity contribution >= 4 is 11.3 Å². The number of hydrogen-bond donors (Lipinski definition) is 1. The van der Waals surface area contributed by atoms with Gasteiger partial charge in [0.25, 0.3) is 0 Å². The maximum atomic E-state index is 5.02. The van der Waals surface area contributed by atoms with Crippen LogP contribution in [0.1, 0.15) is 68.0 Å². The Hall–Kier alpha value is -0.410. The molecule has 106 valence electrons. The zero-order chi connectivity index (χ0) is 13.5. The third-order valence-electron chi connectivity index (χ3n) is 4.96. The number of aromatic nitrogens is 1. The molecule has 0 bridgehead atoms. The minimum atomic E-state index is 0.207. The Balaban J connectivity index is 1.97. The molecule has 2 unspecified atom stereocenters. The van der Waals surface area contributed by atoms with E-state index in [-0.39, 0.29) is 5.54 Å². The second-order valence-electron chi connectivity index (χ2n) is 6.26. The van der Waals surface area contributed by atoms with Crippen molar-refractivity contribution in [2.45, 2.75) is 77.3 Å². The average Bonchev–Trinajstić information content (AvgIpc) is 2.99. The Kier molecular flexibility index (Phi) is 3.69. The maximum absolute atomic E-state index is 5.02. The molecule has 2 aliphatic carbocycles. The Morgan fingerprint density at radius 2 is 2.11 bits per heavy atom. The summed E-state index contributed by atoms with van der Waals surface area (Å²) in [6.45, 7) is 6.81. The highest BCUT2D eigenvalue weighted by molar-refractivity contribution is 7.11. The van der Waals surface area contributed by atoms with Gasteiger partial charge in [-0.1, -0.05) is 26.7 Å². The van der Waals surface area contributed by atoms with Crippen molar-refractivity contribution in [1.82, 2.24) is 10.3 Å². The van der Waals surface area contributed by atoms with E-state index < -0.39 is 0 Å². The topological polar surface area (TPSA) is 24.9 Å². The van der Waals surface area contributed by atoms with Gasteiger partial charge in [0.1, 0.15) is 5.01 Å². The summed E-state index contributed by atoms with van der Waals surface area (Å²) in [6.07, 6.45) is 9.09. The second kappa shape index (κ2) is 5.17. The molecule has 2 nitrogen and oxygen atoms in total. The zero-order valence-electron chi connectivity index (χ0n) is 12.5. The molecular formula is C16H26N2S. The van der Waals surface area contributed by atoms with E-state index in [0.29, 0.717) is 0 Å². The van der Waals surface area contributed by atoms with E-state index in [2.05, 4.69) is 26.1 Å². The first-order valence-electron chi connectivity index (χ1n) is 7.94. The smallest absolute Gasteiger partial charge is 0.114 e. The van der Waals surface area contributed by atoms with Crippen LogP contribution >= 0.6 is 11.3 Å². The summed E-state index contributed by atoms with van der Waals surface area (Å²) in [5.74, 6) is 0.781. The Morgan fingerprint density at radius 3 is 2.68 bits per heavy atom. The lowest BCUT2D eigenvalue weighted by molar-refractivity contribution is 0.236. The van der Waals surface area contributed by atoms with Crippen LogP contribution < -0.4 is 5.32 Å². The van der Waals surface area contributed by atoms with Crippen LogP contribution in [0.2, 0.25) is 0 Å². The number of nitrogens with zero attached hydrogens (tertiary/aromatic N) is 1. The fraction of sp³-hybridized carbons (Fsp3) is 0.812. The van der Waals surface area contributed by atoms with Gasteiger partial charge < -0.3 is 5.32 Å². The first-order chi connectivity index (χ1) is 9.19. The van der Waals surface area contributed by atoms with Crippen molar-refractivity contribution in [2.75, 3.05) is 0 Å². The van der Waals surface area contributed by atoms with Crippen molar-refractivity contribution in [3.63, 3.8) is 0 Å². The number of aryl methyl sites for hydroxylation is 2.